The van der Waals surface area contributed by atoms with Gasteiger partial charge in [0.2, 0.25) is 0 Å². The molecule has 1 saturated heterocycles. The monoisotopic (exact) mass is 612 g/mol. The number of alkyl halides is 3. The van der Waals surface area contributed by atoms with Gasteiger partial charge in [0.05, 0.1) is 3.57 Å². The minimum atomic E-state index is -4.18. The maximum atomic E-state index is 12.7. The topological polar surface area (TPSA) is 35.5 Å². The summed E-state index contributed by atoms with van der Waals surface area (Å²) in [6.45, 7) is 2.88. The molecule has 1 aromatic carbocycles. The van der Waals surface area contributed by atoms with E-state index in [1.807, 2.05) is 33.6 Å². The van der Waals surface area contributed by atoms with E-state index in [1.165, 1.54) is 0 Å². The van der Waals surface area contributed by atoms with Crippen LogP contribution in [0.2, 0.25) is 0 Å². The SMILES string of the molecule is Cl.Cl.Oc1c(I)cc(I)cc1[C@@H](CCC(F)(F)F)N1CCNCC1. The lowest BCUT2D eigenvalue weighted by molar-refractivity contribution is -0.138. The third-order valence-electron chi connectivity index (χ3n) is 3.71. The van der Waals surface area contributed by atoms with Crippen molar-refractivity contribution in [3.63, 3.8) is 0 Å². The molecule has 24 heavy (non-hydrogen) atoms. The molecule has 0 saturated carbocycles. The fourth-order valence-electron chi connectivity index (χ4n) is 2.67. The summed E-state index contributed by atoms with van der Waals surface area (Å²) in [7, 11) is 0. The van der Waals surface area contributed by atoms with Crippen LogP contribution in [0.1, 0.15) is 24.4 Å². The van der Waals surface area contributed by atoms with Crippen molar-refractivity contribution in [2.45, 2.75) is 25.1 Å². The van der Waals surface area contributed by atoms with Gasteiger partial charge in [0.1, 0.15) is 5.75 Å². The molecule has 1 heterocycles. The highest BCUT2D eigenvalue weighted by molar-refractivity contribution is 14.1. The van der Waals surface area contributed by atoms with Crippen molar-refractivity contribution >= 4 is 70.0 Å². The summed E-state index contributed by atoms with van der Waals surface area (Å²) in [5, 5.41) is 13.5. The molecule has 2 rings (SSSR count). The van der Waals surface area contributed by atoms with E-state index >= 15 is 0 Å². The second-order valence-corrected chi connectivity index (χ2v) is 7.69. The van der Waals surface area contributed by atoms with Gasteiger partial charge >= 0.3 is 6.18 Å². The summed E-state index contributed by atoms with van der Waals surface area (Å²) in [6, 6.07) is 3.20. The van der Waals surface area contributed by atoms with Crippen LogP contribution < -0.4 is 5.32 Å². The standard InChI is InChI=1S/C14H17F3I2N2O.2ClH/c15-14(16,17)2-1-12(21-5-3-20-4-6-21)10-7-9(18)8-11(19)13(10)22;;/h7-8,12,20,22H,1-6H2;2*1H/t12-;;/m1../s1. The van der Waals surface area contributed by atoms with Crippen molar-refractivity contribution in [3.8, 4) is 5.75 Å². The molecule has 0 amide bonds. The van der Waals surface area contributed by atoms with Gasteiger partial charge < -0.3 is 10.4 Å². The number of benzene rings is 1. The first-order chi connectivity index (χ1) is 10.3. The molecule has 0 spiro atoms. The first kappa shape index (κ1) is 24.8. The molecule has 140 valence electrons. The molecule has 0 aromatic heterocycles. The zero-order valence-corrected chi connectivity index (χ0v) is 18.5. The van der Waals surface area contributed by atoms with Gasteiger partial charge in [-0.25, -0.2) is 0 Å². The van der Waals surface area contributed by atoms with Gasteiger partial charge in [0.15, 0.2) is 0 Å². The zero-order chi connectivity index (χ0) is 16.3. The maximum Gasteiger partial charge on any atom is 0.389 e. The van der Waals surface area contributed by atoms with Crippen molar-refractivity contribution in [3.05, 3.63) is 24.8 Å². The summed E-state index contributed by atoms with van der Waals surface area (Å²) >= 11 is 4.14. The van der Waals surface area contributed by atoms with Gasteiger partial charge in [-0.2, -0.15) is 13.2 Å². The van der Waals surface area contributed by atoms with Crippen LogP contribution in [-0.4, -0.2) is 42.4 Å². The van der Waals surface area contributed by atoms with Gasteiger partial charge in [-0.1, -0.05) is 0 Å². The molecule has 0 aliphatic carbocycles. The summed E-state index contributed by atoms with van der Waals surface area (Å²) < 4.78 is 39.6. The molecule has 1 atom stereocenters. The van der Waals surface area contributed by atoms with Gasteiger partial charge in [-0.15, -0.1) is 24.8 Å². The molecule has 0 radical (unpaired) electrons. The second-order valence-electron chi connectivity index (χ2n) is 5.28. The molecule has 1 aliphatic rings. The Balaban J connectivity index is 0.00000264. The van der Waals surface area contributed by atoms with Crippen LogP contribution in [0.15, 0.2) is 12.1 Å². The van der Waals surface area contributed by atoms with E-state index in [9.17, 15) is 18.3 Å². The molecular weight excluding hydrogens is 594 g/mol. The van der Waals surface area contributed by atoms with Gasteiger partial charge in [-0.05, 0) is 63.7 Å². The number of nitrogens with zero attached hydrogens (tertiary/aromatic N) is 1. The van der Waals surface area contributed by atoms with Crippen molar-refractivity contribution in [1.29, 1.82) is 0 Å². The van der Waals surface area contributed by atoms with E-state index < -0.39 is 18.6 Å². The predicted octanol–water partition coefficient (Wildman–Crippen LogP) is 4.73. The fourth-order valence-corrected chi connectivity index (χ4v) is 4.56. The molecule has 2 N–H and O–H groups in total. The zero-order valence-electron chi connectivity index (χ0n) is 12.6. The Bertz CT molecular complexity index is 529. The van der Waals surface area contributed by atoms with Crippen molar-refractivity contribution in [2.75, 3.05) is 26.2 Å². The molecule has 1 fully saturated rings. The molecule has 10 heteroatoms. The molecule has 1 aliphatic heterocycles. The summed E-state index contributed by atoms with van der Waals surface area (Å²) in [4.78, 5) is 2.03. The van der Waals surface area contributed by atoms with E-state index in [0.29, 0.717) is 22.2 Å². The first-order valence-corrected chi connectivity index (χ1v) is 9.13. The van der Waals surface area contributed by atoms with Crippen LogP contribution in [0.3, 0.4) is 0 Å². The quantitative estimate of drug-likeness (QED) is 0.483. The highest BCUT2D eigenvalue weighted by atomic mass is 127. The molecule has 0 bridgehead atoms. The number of halogens is 7. The predicted molar refractivity (Wildman–Crippen MR) is 111 cm³/mol. The van der Waals surface area contributed by atoms with E-state index in [-0.39, 0.29) is 37.0 Å². The molecule has 0 unspecified atom stereocenters. The number of phenolic OH excluding ortho intramolecular Hbond substituents is 1. The number of aromatic hydroxyl groups is 1. The van der Waals surface area contributed by atoms with E-state index in [0.717, 1.165) is 16.7 Å². The van der Waals surface area contributed by atoms with Gasteiger partial charge in [0.25, 0.3) is 0 Å². The summed E-state index contributed by atoms with van der Waals surface area (Å²) in [6.07, 6.45) is -5.06. The number of phenols is 1. The third-order valence-corrected chi connectivity index (χ3v) is 5.16. The van der Waals surface area contributed by atoms with E-state index in [1.54, 1.807) is 6.07 Å². The van der Waals surface area contributed by atoms with Crippen LogP contribution in [0, 0.1) is 7.14 Å². The van der Waals surface area contributed by atoms with E-state index in [2.05, 4.69) is 27.9 Å². The van der Waals surface area contributed by atoms with Gasteiger partial charge in [-0.3, -0.25) is 4.90 Å². The summed E-state index contributed by atoms with van der Waals surface area (Å²) in [5.41, 5.74) is 0.599. The lowest BCUT2D eigenvalue weighted by Gasteiger charge is -2.36. The Morgan fingerprint density at radius 1 is 1.17 bits per heavy atom. The average molecular weight is 613 g/mol. The van der Waals surface area contributed by atoms with Crippen LogP contribution in [0.4, 0.5) is 13.2 Å². The average Bonchev–Trinajstić information content (AvgIpc) is 2.44. The van der Waals surface area contributed by atoms with Crippen LogP contribution in [-0.2, 0) is 0 Å². The Morgan fingerprint density at radius 2 is 1.75 bits per heavy atom. The Labute approximate surface area is 179 Å². The Hall–Kier alpha value is 0.770. The van der Waals surface area contributed by atoms with Crippen LogP contribution in [0.5, 0.6) is 5.75 Å². The second kappa shape index (κ2) is 10.8. The molecular formula is C14H19Cl2F3I2N2O. The largest absolute Gasteiger partial charge is 0.506 e. The smallest absolute Gasteiger partial charge is 0.389 e. The maximum absolute atomic E-state index is 12.7. The van der Waals surface area contributed by atoms with Crippen molar-refractivity contribution in [2.24, 2.45) is 0 Å². The van der Waals surface area contributed by atoms with Crippen molar-refractivity contribution in [1.82, 2.24) is 10.2 Å². The highest BCUT2D eigenvalue weighted by Gasteiger charge is 2.32. The normalized spacial score (nSPS) is 16.9. The molecule has 1 aromatic rings. The third kappa shape index (κ3) is 7.18. The minimum Gasteiger partial charge on any atom is -0.506 e. The number of rotatable bonds is 4. The van der Waals surface area contributed by atoms with Gasteiger partial charge in [0, 0.05) is 47.8 Å². The minimum absolute atomic E-state index is 0. The van der Waals surface area contributed by atoms with Crippen molar-refractivity contribution < 1.29 is 18.3 Å². The molecule has 3 nitrogen and oxygen atoms in total. The summed E-state index contributed by atoms with van der Waals surface area (Å²) in [5.74, 6) is 0.103. The first-order valence-electron chi connectivity index (χ1n) is 6.97. The number of hydrogen-bond acceptors (Lipinski definition) is 3. The Morgan fingerprint density at radius 3 is 2.29 bits per heavy atom. The lowest BCUT2D eigenvalue weighted by atomic mass is 9.98. The fraction of sp³-hybridized carbons (Fsp3) is 0.571. The van der Waals surface area contributed by atoms with Crippen LogP contribution in [0.25, 0.3) is 0 Å². The van der Waals surface area contributed by atoms with Crippen LogP contribution >= 0.6 is 70.0 Å². The Kier molecular flexibility index (Phi) is 11.2. The number of nitrogens with one attached hydrogen (secondary N) is 1. The van der Waals surface area contributed by atoms with E-state index in [4.69, 9.17) is 0 Å². The highest BCUT2D eigenvalue weighted by Crippen LogP contribution is 2.38. The number of piperazine rings is 1. The number of hydrogen-bond donors (Lipinski definition) is 2. The lowest BCUT2D eigenvalue weighted by Crippen LogP contribution is -2.45.